The predicted octanol–water partition coefficient (Wildman–Crippen LogP) is 5.53. The summed E-state index contributed by atoms with van der Waals surface area (Å²) in [5.41, 5.74) is 6.41. The molecule has 1 aliphatic rings. The minimum Gasteiger partial charge on any atom is -0.496 e. The first-order valence-corrected chi connectivity index (χ1v) is 11.9. The Kier molecular flexibility index (Phi) is 6.93. The van der Waals surface area contributed by atoms with Gasteiger partial charge in [-0.1, -0.05) is 13.0 Å². The fourth-order valence-electron chi connectivity index (χ4n) is 4.72. The molecule has 0 fully saturated rings. The van der Waals surface area contributed by atoms with Crippen molar-refractivity contribution in [3.63, 3.8) is 0 Å². The summed E-state index contributed by atoms with van der Waals surface area (Å²) in [5, 5.41) is 15.7. The molecule has 1 amide bonds. The van der Waals surface area contributed by atoms with Crippen LogP contribution >= 0.6 is 0 Å². The molecule has 194 valence electrons. The molecule has 0 radical (unpaired) electrons. The molecule has 2 aromatic carbocycles. The number of hydrogen-bond donors (Lipinski definition) is 1. The summed E-state index contributed by atoms with van der Waals surface area (Å²) in [6, 6.07) is 7.97. The standard InChI is InChI=1S/C27H30N4O6/c1-7-8-30-21-13-22(35-5)18(10-20(21)16(2)14-27(30,3)4)15-28-29-26(32)24-11-17-9-19(31(33)34)12-23(36-6)25(17)37-24/h9-15H,7-8H2,1-6H3,(H,29,32)/b28-15-. The number of nitro groups is 1. The number of benzene rings is 2. The summed E-state index contributed by atoms with van der Waals surface area (Å²) in [6.07, 6.45) is 4.77. The highest BCUT2D eigenvalue weighted by Gasteiger charge is 2.31. The Morgan fingerprint density at radius 3 is 2.57 bits per heavy atom. The number of hydrazone groups is 1. The van der Waals surface area contributed by atoms with Gasteiger partial charge in [-0.25, -0.2) is 5.43 Å². The highest BCUT2D eigenvalue weighted by atomic mass is 16.6. The molecule has 10 nitrogen and oxygen atoms in total. The summed E-state index contributed by atoms with van der Waals surface area (Å²) in [6.45, 7) is 9.53. The number of nitrogens with zero attached hydrogens (tertiary/aromatic N) is 3. The monoisotopic (exact) mass is 506 g/mol. The molecule has 37 heavy (non-hydrogen) atoms. The van der Waals surface area contributed by atoms with Crippen LogP contribution in [0.4, 0.5) is 11.4 Å². The minimum absolute atomic E-state index is 0.0560. The average molecular weight is 507 g/mol. The largest absolute Gasteiger partial charge is 0.496 e. The van der Waals surface area contributed by atoms with E-state index in [-0.39, 0.29) is 28.3 Å². The van der Waals surface area contributed by atoms with Crippen molar-refractivity contribution in [3.8, 4) is 11.5 Å². The number of non-ortho nitro benzene ring substituents is 1. The molecule has 0 aliphatic carbocycles. The number of furan rings is 1. The lowest BCUT2D eigenvalue weighted by atomic mass is 9.87. The zero-order chi connectivity index (χ0) is 26.9. The second-order valence-corrected chi connectivity index (χ2v) is 9.38. The van der Waals surface area contributed by atoms with E-state index < -0.39 is 10.8 Å². The van der Waals surface area contributed by atoms with Crippen molar-refractivity contribution < 1.29 is 23.6 Å². The van der Waals surface area contributed by atoms with Crippen LogP contribution < -0.4 is 19.8 Å². The van der Waals surface area contributed by atoms with Gasteiger partial charge in [-0.2, -0.15) is 5.10 Å². The Bertz CT molecular complexity index is 1440. The van der Waals surface area contributed by atoms with Crippen LogP contribution in [0, 0.1) is 10.1 Å². The number of hydrogen-bond acceptors (Lipinski definition) is 8. The fourth-order valence-corrected chi connectivity index (χ4v) is 4.72. The van der Waals surface area contributed by atoms with Crippen molar-refractivity contribution in [2.24, 2.45) is 5.10 Å². The van der Waals surface area contributed by atoms with E-state index in [2.05, 4.69) is 49.2 Å². The molecule has 0 unspecified atom stereocenters. The highest BCUT2D eigenvalue weighted by molar-refractivity contribution is 5.98. The zero-order valence-electron chi connectivity index (χ0n) is 21.7. The van der Waals surface area contributed by atoms with E-state index >= 15 is 0 Å². The van der Waals surface area contributed by atoms with Gasteiger partial charge >= 0.3 is 5.91 Å². The number of carbonyl (C=O) groups is 1. The van der Waals surface area contributed by atoms with Crippen LogP contribution in [0.5, 0.6) is 11.5 Å². The maximum atomic E-state index is 12.7. The molecule has 4 rings (SSSR count). The van der Waals surface area contributed by atoms with Gasteiger partial charge in [0.15, 0.2) is 17.1 Å². The maximum absolute atomic E-state index is 12.7. The van der Waals surface area contributed by atoms with E-state index in [1.54, 1.807) is 7.11 Å². The number of amides is 1. The lowest BCUT2D eigenvalue weighted by molar-refractivity contribution is -0.384. The average Bonchev–Trinajstić information content (AvgIpc) is 3.30. The lowest BCUT2D eigenvalue weighted by Gasteiger charge is -2.43. The van der Waals surface area contributed by atoms with Crippen molar-refractivity contribution in [3.05, 3.63) is 63.4 Å². The summed E-state index contributed by atoms with van der Waals surface area (Å²) < 4.78 is 16.4. The summed E-state index contributed by atoms with van der Waals surface area (Å²) in [7, 11) is 2.97. The molecule has 3 aromatic rings. The van der Waals surface area contributed by atoms with Crippen molar-refractivity contribution in [1.82, 2.24) is 5.43 Å². The van der Waals surface area contributed by atoms with Crippen molar-refractivity contribution >= 4 is 40.0 Å². The van der Waals surface area contributed by atoms with E-state index in [0.29, 0.717) is 16.7 Å². The Morgan fingerprint density at radius 2 is 1.92 bits per heavy atom. The van der Waals surface area contributed by atoms with Gasteiger partial charge in [-0.15, -0.1) is 0 Å². The minimum atomic E-state index is -0.610. The quantitative estimate of drug-likeness (QED) is 0.242. The first-order valence-electron chi connectivity index (χ1n) is 11.9. The molecule has 2 heterocycles. The van der Waals surface area contributed by atoms with Crippen LogP contribution in [0.25, 0.3) is 16.5 Å². The van der Waals surface area contributed by atoms with Crippen LogP contribution in [0.1, 0.15) is 55.8 Å². The molecule has 0 bridgehead atoms. The van der Waals surface area contributed by atoms with Crippen LogP contribution in [0.3, 0.4) is 0 Å². The SMILES string of the molecule is CCCN1c2cc(OC)c(/C=N\NC(=O)c3cc4cc([N+](=O)[O-])cc(OC)c4o3)cc2C(C)=CC1(C)C. The first-order chi connectivity index (χ1) is 17.6. The third-order valence-electron chi connectivity index (χ3n) is 6.37. The first kappa shape index (κ1) is 25.7. The van der Waals surface area contributed by atoms with Gasteiger partial charge in [-0.05, 0) is 44.9 Å². The van der Waals surface area contributed by atoms with Gasteiger partial charge in [0.1, 0.15) is 5.75 Å². The number of rotatable bonds is 8. The molecular formula is C27H30N4O6. The second kappa shape index (κ2) is 9.96. The molecule has 1 N–H and O–H groups in total. The third-order valence-corrected chi connectivity index (χ3v) is 6.37. The molecule has 1 aromatic heterocycles. The van der Waals surface area contributed by atoms with Crippen LogP contribution in [0.15, 0.2) is 45.9 Å². The number of fused-ring (bicyclic) bond motifs is 2. The number of carbonyl (C=O) groups excluding carboxylic acids is 1. The Hall–Kier alpha value is -4.34. The highest BCUT2D eigenvalue weighted by Crippen LogP contribution is 2.42. The Labute approximate surface area is 214 Å². The summed E-state index contributed by atoms with van der Waals surface area (Å²) >= 11 is 0. The van der Waals surface area contributed by atoms with Gasteiger partial charge in [-0.3, -0.25) is 14.9 Å². The van der Waals surface area contributed by atoms with Crippen LogP contribution in [0.2, 0.25) is 0 Å². The van der Waals surface area contributed by atoms with Crippen LogP contribution in [-0.2, 0) is 0 Å². The molecule has 0 saturated carbocycles. The lowest BCUT2D eigenvalue weighted by Crippen LogP contribution is -2.45. The number of ether oxygens (including phenoxy) is 2. The van der Waals surface area contributed by atoms with Gasteiger partial charge in [0, 0.05) is 40.9 Å². The third kappa shape index (κ3) is 4.87. The summed E-state index contributed by atoms with van der Waals surface area (Å²) in [5.74, 6) is 0.124. The predicted molar refractivity (Wildman–Crippen MR) is 143 cm³/mol. The number of allylic oxidation sites excluding steroid dienone is 1. The molecule has 1 aliphatic heterocycles. The molecule has 0 spiro atoms. The zero-order valence-corrected chi connectivity index (χ0v) is 21.7. The Balaban J connectivity index is 1.61. The van der Waals surface area contributed by atoms with Gasteiger partial charge < -0.3 is 18.8 Å². The summed E-state index contributed by atoms with van der Waals surface area (Å²) in [4.78, 5) is 25.7. The van der Waals surface area contributed by atoms with E-state index in [4.69, 9.17) is 13.9 Å². The topological polar surface area (TPSA) is 119 Å². The van der Waals surface area contributed by atoms with Crippen molar-refractivity contribution in [2.45, 2.75) is 39.7 Å². The van der Waals surface area contributed by atoms with Gasteiger partial charge in [0.05, 0.1) is 37.0 Å². The van der Waals surface area contributed by atoms with Crippen LogP contribution in [-0.4, -0.2) is 43.3 Å². The van der Waals surface area contributed by atoms with E-state index in [0.717, 1.165) is 29.8 Å². The number of nitrogens with one attached hydrogen (secondary N) is 1. The molecule has 0 atom stereocenters. The van der Waals surface area contributed by atoms with Gasteiger partial charge in [0.2, 0.25) is 0 Å². The molecule has 0 saturated heterocycles. The molecular weight excluding hydrogens is 476 g/mol. The second-order valence-electron chi connectivity index (χ2n) is 9.38. The normalized spacial score (nSPS) is 14.4. The van der Waals surface area contributed by atoms with E-state index in [1.807, 2.05) is 12.1 Å². The van der Waals surface area contributed by atoms with Gasteiger partial charge in [0.25, 0.3) is 5.69 Å². The van der Waals surface area contributed by atoms with Crippen molar-refractivity contribution in [2.75, 3.05) is 25.7 Å². The molecule has 10 heteroatoms. The van der Waals surface area contributed by atoms with E-state index in [9.17, 15) is 14.9 Å². The number of nitro benzene ring substituents is 1. The maximum Gasteiger partial charge on any atom is 0.307 e. The fraction of sp³-hybridized carbons (Fsp3) is 0.333. The number of anilines is 1. The van der Waals surface area contributed by atoms with Crippen molar-refractivity contribution in [1.29, 1.82) is 0 Å². The number of methoxy groups -OCH3 is 2. The smallest absolute Gasteiger partial charge is 0.307 e. The van der Waals surface area contributed by atoms with E-state index in [1.165, 1.54) is 31.5 Å². The Morgan fingerprint density at radius 1 is 1.19 bits per heavy atom.